The summed E-state index contributed by atoms with van der Waals surface area (Å²) in [5.41, 5.74) is 1.16. The molecule has 0 aliphatic heterocycles. The van der Waals surface area contributed by atoms with E-state index in [0.717, 1.165) is 18.4 Å². The van der Waals surface area contributed by atoms with Crippen molar-refractivity contribution in [1.29, 1.82) is 0 Å². The van der Waals surface area contributed by atoms with Crippen molar-refractivity contribution in [3.05, 3.63) is 70.1 Å². The number of hydrogen-bond acceptors (Lipinski definition) is 4. The summed E-state index contributed by atoms with van der Waals surface area (Å²) in [5, 5.41) is 12.8. The summed E-state index contributed by atoms with van der Waals surface area (Å²) in [4.78, 5) is 24.9. The van der Waals surface area contributed by atoms with Crippen LogP contribution >= 0.6 is 0 Å². The molecule has 1 amide bonds. The normalized spacial score (nSPS) is 11.4. The minimum atomic E-state index is -1.15. The van der Waals surface area contributed by atoms with E-state index in [1.807, 2.05) is 63.2 Å². The van der Waals surface area contributed by atoms with Crippen molar-refractivity contribution in [2.45, 2.75) is 60.2 Å². The molecule has 0 unspecified atom stereocenters. The van der Waals surface area contributed by atoms with Crippen LogP contribution in [0.5, 0.6) is 11.5 Å². The topological polar surface area (TPSA) is 89.8 Å². The quantitative estimate of drug-likeness (QED) is 0.381. The zero-order valence-corrected chi connectivity index (χ0v) is 20.4. The number of carbonyl (C=O) groups is 1. The number of aromatic nitrogens is 1. The third kappa shape index (κ3) is 6.53. The van der Waals surface area contributed by atoms with E-state index in [2.05, 4.69) is 12.2 Å². The van der Waals surface area contributed by atoms with Gasteiger partial charge in [-0.25, -0.2) is 4.79 Å². The molecule has 0 spiro atoms. The largest absolute Gasteiger partial charge is 0.491 e. The molecule has 2 N–H and O–H groups in total. The monoisotopic (exact) mass is 466 g/mol. The second kappa shape index (κ2) is 11.1. The number of nitrogens with zero attached hydrogens (tertiary/aromatic N) is 1. The zero-order valence-electron chi connectivity index (χ0n) is 20.4. The number of fused-ring (bicyclic) bond motifs is 1. The molecule has 7 heteroatoms. The molecular formula is C27H34N2O5. The molecule has 0 aliphatic rings. The van der Waals surface area contributed by atoms with Gasteiger partial charge < -0.3 is 24.5 Å². The van der Waals surface area contributed by atoms with Crippen LogP contribution in [0.15, 0.2) is 53.3 Å². The summed E-state index contributed by atoms with van der Waals surface area (Å²) < 4.78 is 13.8. The van der Waals surface area contributed by atoms with Gasteiger partial charge in [-0.1, -0.05) is 64.4 Å². The van der Waals surface area contributed by atoms with Gasteiger partial charge in [0.15, 0.2) is 0 Å². The number of ether oxygens (including phenoxy) is 2. The third-order valence-electron chi connectivity index (χ3n) is 5.33. The fourth-order valence-corrected chi connectivity index (χ4v) is 3.73. The van der Waals surface area contributed by atoms with Gasteiger partial charge in [0.1, 0.15) is 18.1 Å². The van der Waals surface area contributed by atoms with E-state index in [9.17, 15) is 14.7 Å². The molecule has 0 aliphatic carbocycles. The third-order valence-corrected chi connectivity index (χ3v) is 5.33. The number of hydrogen-bond donors (Lipinski definition) is 2. The van der Waals surface area contributed by atoms with Gasteiger partial charge in [-0.15, -0.1) is 0 Å². The number of pyridine rings is 1. The second-order valence-electron chi connectivity index (χ2n) is 9.57. The van der Waals surface area contributed by atoms with E-state index in [0.29, 0.717) is 47.7 Å². The maximum Gasteiger partial charge on any atom is 0.404 e. The number of benzene rings is 2. The highest BCUT2D eigenvalue weighted by Crippen LogP contribution is 2.32. The molecule has 0 saturated carbocycles. The van der Waals surface area contributed by atoms with Crippen molar-refractivity contribution in [3.8, 4) is 11.5 Å². The predicted octanol–water partition coefficient (Wildman–Crippen LogP) is 5.57. The van der Waals surface area contributed by atoms with Crippen molar-refractivity contribution >= 4 is 16.9 Å². The summed E-state index contributed by atoms with van der Waals surface area (Å²) in [5.74, 6) is 1.13. The second-order valence-corrected chi connectivity index (χ2v) is 9.57. The van der Waals surface area contributed by atoms with Gasteiger partial charge in [0.25, 0.3) is 5.56 Å². The minimum absolute atomic E-state index is 0.0235. The van der Waals surface area contributed by atoms with Gasteiger partial charge >= 0.3 is 6.09 Å². The van der Waals surface area contributed by atoms with Crippen molar-refractivity contribution in [3.63, 3.8) is 0 Å². The van der Waals surface area contributed by atoms with Crippen LogP contribution in [-0.2, 0) is 19.7 Å². The molecule has 2 aromatic carbocycles. The Bertz CT molecular complexity index is 1180. The highest BCUT2D eigenvalue weighted by Gasteiger charge is 2.23. The first-order valence-electron chi connectivity index (χ1n) is 11.7. The molecule has 182 valence electrons. The Morgan fingerprint density at radius 2 is 1.79 bits per heavy atom. The van der Waals surface area contributed by atoms with Crippen LogP contribution in [0.25, 0.3) is 10.8 Å². The van der Waals surface area contributed by atoms with Gasteiger partial charge in [0.05, 0.1) is 24.2 Å². The summed E-state index contributed by atoms with van der Waals surface area (Å²) in [7, 11) is 0. The molecule has 7 nitrogen and oxygen atoms in total. The Kier molecular flexibility index (Phi) is 8.21. The molecular weight excluding hydrogens is 432 g/mol. The average Bonchev–Trinajstić information content (AvgIpc) is 2.79. The Hall–Kier alpha value is -3.48. The lowest BCUT2D eigenvalue weighted by molar-refractivity contribution is 0.193. The lowest BCUT2D eigenvalue weighted by Gasteiger charge is -2.25. The molecule has 0 bridgehead atoms. The zero-order chi connectivity index (χ0) is 24.7. The SMILES string of the molecule is CCCCOc1c(CNC(=O)O)n(CC(C)(C)C)c(=O)c2cc(OCc3ccccc3)ccc12. The van der Waals surface area contributed by atoms with Crippen molar-refractivity contribution < 1.29 is 19.4 Å². The molecule has 0 radical (unpaired) electrons. The van der Waals surface area contributed by atoms with E-state index < -0.39 is 6.09 Å². The first kappa shape index (κ1) is 25.1. The number of rotatable bonds is 10. The first-order valence-corrected chi connectivity index (χ1v) is 11.7. The highest BCUT2D eigenvalue weighted by atomic mass is 16.5. The number of nitrogens with one attached hydrogen (secondary N) is 1. The van der Waals surface area contributed by atoms with Crippen molar-refractivity contribution in [2.75, 3.05) is 6.61 Å². The number of amides is 1. The minimum Gasteiger partial charge on any atom is -0.491 e. The van der Waals surface area contributed by atoms with Gasteiger partial charge in [-0.2, -0.15) is 0 Å². The molecule has 1 heterocycles. The van der Waals surface area contributed by atoms with Crippen LogP contribution in [0.4, 0.5) is 4.79 Å². The van der Waals surface area contributed by atoms with Crippen molar-refractivity contribution in [2.24, 2.45) is 5.41 Å². The Morgan fingerprint density at radius 1 is 1.06 bits per heavy atom. The smallest absolute Gasteiger partial charge is 0.404 e. The summed E-state index contributed by atoms with van der Waals surface area (Å²) >= 11 is 0. The van der Waals surface area contributed by atoms with Crippen LogP contribution in [-0.4, -0.2) is 22.4 Å². The predicted molar refractivity (Wildman–Crippen MR) is 134 cm³/mol. The maximum atomic E-state index is 13.7. The molecule has 34 heavy (non-hydrogen) atoms. The van der Waals surface area contributed by atoms with E-state index in [1.54, 1.807) is 10.6 Å². The number of unbranched alkanes of at least 4 members (excludes halogenated alkanes) is 1. The number of carboxylic acid groups (broad SMARTS) is 1. The Morgan fingerprint density at radius 3 is 2.44 bits per heavy atom. The van der Waals surface area contributed by atoms with Gasteiger partial charge in [-0.05, 0) is 35.6 Å². The Labute approximate surface area is 200 Å². The summed E-state index contributed by atoms with van der Waals surface area (Å²) in [6.45, 7) is 9.45. The molecule has 0 atom stereocenters. The van der Waals surface area contributed by atoms with E-state index in [4.69, 9.17) is 9.47 Å². The highest BCUT2D eigenvalue weighted by molar-refractivity contribution is 5.89. The van der Waals surface area contributed by atoms with Crippen LogP contribution in [0.3, 0.4) is 0 Å². The van der Waals surface area contributed by atoms with E-state index in [-0.39, 0.29) is 17.5 Å². The van der Waals surface area contributed by atoms with E-state index in [1.165, 1.54) is 0 Å². The molecule has 0 saturated heterocycles. The standard InChI is InChI=1S/C27H34N2O5/c1-5-6-14-33-24-21-13-12-20(34-17-19-10-8-7-9-11-19)15-22(21)25(30)29(18-27(2,3)4)23(24)16-28-26(31)32/h7-13,15,28H,5-6,14,16-18H2,1-4H3,(H,31,32). The maximum absolute atomic E-state index is 13.7. The first-order chi connectivity index (χ1) is 16.2. The van der Waals surface area contributed by atoms with E-state index >= 15 is 0 Å². The molecule has 3 rings (SSSR count). The molecule has 0 fully saturated rings. The van der Waals surface area contributed by atoms with Crippen LogP contribution in [0.1, 0.15) is 51.8 Å². The lowest BCUT2D eigenvalue weighted by Crippen LogP contribution is -2.33. The fourth-order valence-electron chi connectivity index (χ4n) is 3.73. The Balaban J connectivity index is 2.12. The van der Waals surface area contributed by atoms with Crippen LogP contribution < -0.4 is 20.3 Å². The summed E-state index contributed by atoms with van der Waals surface area (Å²) in [6.07, 6.45) is 0.656. The van der Waals surface area contributed by atoms with Gasteiger partial charge in [0.2, 0.25) is 0 Å². The lowest BCUT2D eigenvalue weighted by atomic mass is 9.96. The summed E-state index contributed by atoms with van der Waals surface area (Å²) in [6, 6.07) is 15.2. The van der Waals surface area contributed by atoms with Crippen molar-refractivity contribution in [1.82, 2.24) is 9.88 Å². The fraction of sp³-hybridized carbons (Fsp3) is 0.407. The van der Waals surface area contributed by atoms with Crippen LogP contribution in [0.2, 0.25) is 0 Å². The van der Waals surface area contributed by atoms with Crippen LogP contribution in [0, 0.1) is 5.41 Å². The van der Waals surface area contributed by atoms with Gasteiger partial charge in [0, 0.05) is 11.9 Å². The average molecular weight is 467 g/mol. The molecule has 1 aromatic heterocycles. The molecule has 3 aromatic rings. The van der Waals surface area contributed by atoms with Gasteiger partial charge in [-0.3, -0.25) is 4.79 Å².